The largest absolute Gasteiger partial charge is 0.463 e. The van der Waals surface area contributed by atoms with Crippen LogP contribution in [0.1, 0.15) is 142 Å². The maximum atomic E-state index is 12.3. The van der Waals surface area contributed by atoms with E-state index in [4.69, 9.17) is 33.2 Å². The molecule has 12 nitrogen and oxygen atoms in total. The molecule has 0 spiro atoms. The first-order chi connectivity index (χ1) is 36.6. The van der Waals surface area contributed by atoms with E-state index in [0.717, 1.165) is 66.4 Å². The van der Waals surface area contributed by atoms with Crippen LogP contribution in [0.3, 0.4) is 0 Å². The van der Waals surface area contributed by atoms with Gasteiger partial charge in [-0.2, -0.15) is 0 Å². The summed E-state index contributed by atoms with van der Waals surface area (Å²) in [7, 11) is 0. The van der Waals surface area contributed by atoms with Crippen molar-refractivity contribution < 1.29 is 57.1 Å². The second-order valence-corrected chi connectivity index (χ2v) is 22.6. The molecule has 3 rings (SSSR count). The fourth-order valence-electron chi connectivity index (χ4n) is 10.3. The topological polar surface area (TPSA) is 150 Å². The van der Waals surface area contributed by atoms with Crippen LogP contribution >= 0.6 is 0 Å². The monoisotopic (exact) mass is 1080 g/mol. The first-order valence-electron chi connectivity index (χ1n) is 27.4. The van der Waals surface area contributed by atoms with Gasteiger partial charge in [-0.3, -0.25) is 24.0 Å². The lowest BCUT2D eigenvalue weighted by Gasteiger charge is -2.45. The van der Waals surface area contributed by atoms with Crippen molar-refractivity contribution in [1.29, 1.82) is 0 Å². The Labute approximate surface area is 467 Å². The van der Waals surface area contributed by atoms with Crippen molar-refractivity contribution in [1.82, 2.24) is 0 Å². The second kappa shape index (κ2) is 32.1. The van der Waals surface area contributed by atoms with E-state index in [1.54, 1.807) is 0 Å². The van der Waals surface area contributed by atoms with E-state index in [-0.39, 0.29) is 41.8 Å². The summed E-state index contributed by atoms with van der Waals surface area (Å²) in [5, 5.41) is 0. The minimum absolute atomic E-state index is 0.0590. The molecule has 78 heavy (non-hydrogen) atoms. The molecule has 1 saturated heterocycles. The molecule has 0 aromatic rings. The predicted octanol–water partition coefficient (Wildman–Crippen LogP) is 14.1. The summed E-state index contributed by atoms with van der Waals surface area (Å²) < 4.78 is 39.3. The van der Waals surface area contributed by atoms with E-state index in [0.29, 0.717) is 18.4 Å². The summed E-state index contributed by atoms with van der Waals surface area (Å²) in [4.78, 5) is 59.6. The number of allylic oxidation sites excluding steroid dienone is 22. The van der Waals surface area contributed by atoms with Gasteiger partial charge in [0.2, 0.25) is 0 Å². The van der Waals surface area contributed by atoms with Crippen LogP contribution in [0.15, 0.2) is 155 Å². The van der Waals surface area contributed by atoms with Crippen LogP contribution < -0.4 is 0 Å². The van der Waals surface area contributed by atoms with Crippen LogP contribution in [0.2, 0.25) is 0 Å². The Hall–Kier alpha value is -6.11. The molecule has 0 bridgehead atoms. The Morgan fingerprint density at radius 1 is 0.513 bits per heavy atom. The van der Waals surface area contributed by atoms with E-state index in [9.17, 15) is 24.0 Å². The first kappa shape index (κ1) is 66.2. The summed E-state index contributed by atoms with van der Waals surface area (Å²) in [6.45, 7) is 36.9. The summed E-state index contributed by atoms with van der Waals surface area (Å²) in [6, 6.07) is 0. The van der Waals surface area contributed by atoms with Crippen molar-refractivity contribution in [3.63, 3.8) is 0 Å². The van der Waals surface area contributed by atoms with Crippen LogP contribution in [0, 0.1) is 34.5 Å². The molecular formula is C66H92O12. The van der Waals surface area contributed by atoms with Gasteiger partial charge >= 0.3 is 29.8 Å². The van der Waals surface area contributed by atoms with Crippen LogP contribution in [-0.4, -0.2) is 80.4 Å². The predicted molar refractivity (Wildman–Crippen MR) is 310 cm³/mol. The van der Waals surface area contributed by atoms with Crippen molar-refractivity contribution in [3.05, 3.63) is 155 Å². The fourth-order valence-corrected chi connectivity index (χ4v) is 10.3. The van der Waals surface area contributed by atoms with E-state index in [1.165, 1.54) is 51.3 Å². The van der Waals surface area contributed by atoms with Crippen molar-refractivity contribution in [2.24, 2.45) is 34.5 Å². The van der Waals surface area contributed by atoms with Gasteiger partial charge in [0.1, 0.15) is 19.3 Å². The van der Waals surface area contributed by atoms with Gasteiger partial charge < -0.3 is 33.2 Å². The zero-order valence-corrected chi connectivity index (χ0v) is 49.6. The standard InChI is InChI=1S/C66H92O12/c1-43(24-20-26-45(3)30-38-58-49(7)32-36-56(65(58,14)15)34-28-47(5)40-72-51(9)67)22-18-19-23-44(2)25-21-27-46(4)31-39-59-50(8)33-37-57(66(59,16)17)35-29-48(6)41-74-64-63(77-55(13)71)62(76-54(12)70)61(75-53(11)69)60(78-64)42-73-52(10)68/h18-31,38-39,56-64H,7-8,32-37,40-42H2,1-6,9-17H3/b19-18+,24-20+,25-21+,38-30+,39-31+,43-22+,44-23+,45-26+,46-27+,47-28+,48-29+/t56-,57-,58+,59+,60+,61+,62-,63+,64+/m0/s1. The van der Waals surface area contributed by atoms with Gasteiger partial charge in [-0.15, -0.1) is 0 Å². The molecule has 0 radical (unpaired) electrons. The van der Waals surface area contributed by atoms with E-state index < -0.39 is 54.6 Å². The molecule has 3 fully saturated rings. The van der Waals surface area contributed by atoms with Crippen LogP contribution in [-0.2, 0) is 57.1 Å². The smallest absolute Gasteiger partial charge is 0.303 e. The molecule has 0 unspecified atom stereocenters. The number of carbonyl (C=O) groups is 5. The molecule has 3 aliphatic rings. The highest BCUT2D eigenvalue weighted by molar-refractivity contribution is 5.69. The zero-order chi connectivity index (χ0) is 58.3. The normalized spacial score (nSPS) is 26.8. The van der Waals surface area contributed by atoms with Crippen molar-refractivity contribution in [2.45, 2.75) is 173 Å². The molecule has 0 amide bonds. The molecule has 2 saturated carbocycles. The summed E-state index contributed by atoms with van der Waals surface area (Å²) in [6.07, 6.45) is 34.0. The quantitative estimate of drug-likeness (QED) is 0.0392. The number of rotatable bonds is 24. The number of hydrogen-bond acceptors (Lipinski definition) is 12. The van der Waals surface area contributed by atoms with Gasteiger partial charge in [-0.05, 0) is 108 Å². The molecule has 0 aromatic carbocycles. The van der Waals surface area contributed by atoms with Crippen molar-refractivity contribution in [3.8, 4) is 0 Å². The molecule has 9 atom stereocenters. The molecular weight excluding hydrogens is 985 g/mol. The maximum Gasteiger partial charge on any atom is 0.303 e. The van der Waals surface area contributed by atoms with E-state index >= 15 is 0 Å². The number of ether oxygens (including phenoxy) is 7. The highest BCUT2D eigenvalue weighted by Crippen LogP contribution is 2.51. The summed E-state index contributed by atoms with van der Waals surface area (Å²) >= 11 is 0. The third kappa shape index (κ3) is 22.3. The van der Waals surface area contributed by atoms with E-state index in [1.807, 2.05) is 13.8 Å². The molecule has 0 aromatic heterocycles. The fraction of sp³-hybridized carbons (Fsp3) is 0.530. The van der Waals surface area contributed by atoms with Gasteiger partial charge in [0, 0.05) is 46.5 Å². The lowest BCUT2D eigenvalue weighted by Crippen LogP contribution is -2.63. The second-order valence-electron chi connectivity index (χ2n) is 22.6. The van der Waals surface area contributed by atoms with Gasteiger partial charge in [0.25, 0.3) is 0 Å². The van der Waals surface area contributed by atoms with Crippen LogP contribution in [0.25, 0.3) is 0 Å². The molecule has 1 heterocycles. The minimum atomic E-state index is -1.30. The lowest BCUT2D eigenvalue weighted by molar-refractivity contribution is -0.306. The Bertz CT molecular complexity index is 2480. The first-order valence-corrected chi connectivity index (χ1v) is 27.4. The Kier molecular flexibility index (Phi) is 27.2. The van der Waals surface area contributed by atoms with Gasteiger partial charge in [-0.25, -0.2) is 0 Å². The zero-order valence-electron chi connectivity index (χ0n) is 49.6. The minimum Gasteiger partial charge on any atom is -0.463 e. The third-order valence-electron chi connectivity index (χ3n) is 15.0. The molecule has 428 valence electrons. The number of esters is 5. The lowest BCUT2D eigenvalue weighted by atomic mass is 9.59. The highest BCUT2D eigenvalue weighted by atomic mass is 16.7. The molecule has 2 aliphatic carbocycles. The third-order valence-corrected chi connectivity index (χ3v) is 15.0. The highest BCUT2D eigenvalue weighted by Gasteiger charge is 2.53. The van der Waals surface area contributed by atoms with Gasteiger partial charge in [0.15, 0.2) is 24.6 Å². The SMILES string of the molecule is C=C1CC[C@H](C/C=C(\C)COC(C)=O)C(C)(C)[C@@H]1/C=C/C(C)=C/C=C/C(C)=C/C=C/C=C(C)/C=C/C=C(C)/C=C/[C@@H]1C(=C)CC[C@H](C/C=C(\C)CO[C@@H]2O[C@H](COC(C)=O)[C@@H](OC(C)=O)[C@H](OC(C)=O)[C@H]2OC(C)=O)C1(C)C. The van der Waals surface area contributed by atoms with E-state index in [2.05, 4.69) is 166 Å². The average molecular weight is 1080 g/mol. The van der Waals surface area contributed by atoms with Gasteiger partial charge in [-0.1, -0.05) is 177 Å². The number of carbonyl (C=O) groups excluding carboxylic acids is 5. The van der Waals surface area contributed by atoms with Gasteiger partial charge in [0.05, 0.1) is 6.61 Å². The Morgan fingerprint density at radius 3 is 1.35 bits per heavy atom. The molecule has 0 N–H and O–H groups in total. The van der Waals surface area contributed by atoms with Crippen LogP contribution in [0.4, 0.5) is 0 Å². The molecule has 1 aliphatic heterocycles. The Morgan fingerprint density at radius 2 is 0.910 bits per heavy atom. The summed E-state index contributed by atoms with van der Waals surface area (Å²) in [5.74, 6) is -1.63. The van der Waals surface area contributed by atoms with Crippen molar-refractivity contribution >= 4 is 29.8 Å². The van der Waals surface area contributed by atoms with Crippen LogP contribution in [0.5, 0.6) is 0 Å². The maximum absolute atomic E-state index is 12.3. The van der Waals surface area contributed by atoms with Crippen molar-refractivity contribution in [2.75, 3.05) is 19.8 Å². The Balaban J connectivity index is 1.59. The average Bonchev–Trinajstić information content (AvgIpc) is 3.33. The molecule has 12 heteroatoms. The number of hydrogen-bond donors (Lipinski definition) is 0. The summed E-state index contributed by atoms with van der Waals surface area (Å²) in [5.41, 5.74) is 9.04.